The van der Waals surface area contributed by atoms with Gasteiger partial charge in [-0.1, -0.05) is 78.9 Å². The van der Waals surface area contributed by atoms with Crippen LogP contribution < -0.4 is 0 Å². The van der Waals surface area contributed by atoms with Crippen molar-refractivity contribution in [3.05, 3.63) is 96.1 Å². The first-order chi connectivity index (χ1) is 15.2. The summed E-state index contributed by atoms with van der Waals surface area (Å²) in [6.07, 6.45) is 7.06. The van der Waals surface area contributed by atoms with E-state index in [-0.39, 0.29) is 29.3 Å². The molecule has 2 saturated heterocycles. The second kappa shape index (κ2) is 9.88. The molecule has 5 nitrogen and oxygen atoms in total. The van der Waals surface area contributed by atoms with Crippen LogP contribution in [-0.2, 0) is 22.6 Å². The van der Waals surface area contributed by atoms with E-state index in [0.29, 0.717) is 13.1 Å². The predicted octanol–water partition coefficient (Wildman–Crippen LogP) is 4.26. The Labute approximate surface area is 187 Å². The summed E-state index contributed by atoms with van der Waals surface area (Å²) in [5.41, 5.74) is 2.27. The van der Waals surface area contributed by atoms with Gasteiger partial charge in [-0.15, -0.1) is 11.8 Å². The van der Waals surface area contributed by atoms with E-state index in [1.807, 2.05) is 64.0 Å². The fourth-order valence-corrected chi connectivity index (χ4v) is 5.71. The van der Waals surface area contributed by atoms with Crippen molar-refractivity contribution < 1.29 is 14.3 Å². The van der Waals surface area contributed by atoms with Crippen molar-refractivity contribution in [1.82, 2.24) is 9.80 Å². The third-order valence-corrected chi connectivity index (χ3v) is 7.03. The lowest BCUT2D eigenvalue weighted by atomic mass is 10.0. The molecule has 0 N–H and O–H groups in total. The highest BCUT2D eigenvalue weighted by molar-refractivity contribution is 8.00. The van der Waals surface area contributed by atoms with Gasteiger partial charge in [0.15, 0.2) is 0 Å². The van der Waals surface area contributed by atoms with Crippen LogP contribution >= 0.6 is 11.8 Å². The molecule has 2 heterocycles. The number of methoxy groups -OCH3 is 1. The Morgan fingerprint density at radius 3 is 2.23 bits per heavy atom. The number of ether oxygens (including phenoxy) is 1. The summed E-state index contributed by atoms with van der Waals surface area (Å²) in [5, 5.41) is 0.167. The third-order valence-electron chi connectivity index (χ3n) is 5.68. The van der Waals surface area contributed by atoms with Crippen molar-refractivity contribution in [2.24, 2.45) is 0 Å². The summed E-state index contributed by atoms with van der Waals surface area (Å²) in [6.45, 7) is 1.21. The Morgan fingerprint density at radius 1 is 1.00 bits per heavy atom. The number of fused-ring (bicyclic) bond motifs is 1. The zero-order valence-electron chi connectivity index (χ0n) is 17.5. The van der Waals surface area contributed by atoms with Crippen LogP contribution in [0.3, 0.4) is 0 Å². The molecule has 2 aromatic rings. The first kappa shape index (κ1) is 21.2. The number of nitrogens with zero attached hydrogens (tertiary/aromatic N) is 2. The molecule has 2 fully saturated rings. The van der Waals surface area contributed by atoms with Crippen molar-refractivity contribution in [1.29, 1.82) is 0 Å². The average molecular weight is 435 g/mol. The molecule has 160 valence electrons. The predicted molar refractivity (Wildman–Crippen MR) is 123 cm³/mol. The van der Waals surface area contributed by atoms with Crippen molar-refractivity contribution in [2.75, 3.05) is 12.9 Å². The molecule has 0 radical (unpaired) electrons. The van der Waals surface area contributed by atoms with Crippen molar-refractivity contribution in [2.45, 2.75) is 30.4 Å². The average Bonchev–Trinajstić information content (AvgIpc) is 3.32. The molecule has 2 aromatic carbocycles. The van der Waals surface area contributed by atoms with Gasteiger partial charge in [0.25, 0.3) is 0 Å². The molecule has 6 heteroatoms. The summed E-state index contributed by atoms with van der Waals surface area (Å²) in [7, 11) is 1.36. The van der Waals surface area contributed by atoms with Crippen LogP contribution in [0, 0.1) is 0 Å². The van der Waals surface area contributed by atoms with Crippen molar-refractivity contribution >= 4 is 23.8 Å². The van der Waals surface area contributed by atoms with Gasteiger partial charge in [0, 0.05) is 30.2 Å². The van der Waals surface area contributed by atoms with E-state index in [0.717, 1.165) is 16.9 Å². The number of thioether (sulfide) groups is 1. The summed E-state index contributed by atoms with van der Waals surface area (Å²) in [5.74, 6) is 0.516. The van der Waals surface area contributed by atoms with Crippen LogP contribution in [-0.4, -0.2) is 52.0 Å². The molecule has 2 aliphatic heterocycles. The molecule has 0 unspecified atom stereocenters. The molecule has 0 aliphatic carbocycles. The lowest BCUT2D eigenvalue weighted by Gasteiger charge is -2.25. The summed E-state index contributed by atoms with van der Waals surface area (Å²) in [4.78, 5) is 28.8. The highest BCUT2D eigenvalue weighted by Crippen LogP contribution is 2.41. The number of rotatable bonds is 7. The van der Waals surface area contributed by atoms with Gasteiger partial charge in [-0.25, -0.2) is 9.59 Å². The summed E-state index contributed by atoms with van der Waals surface area (Å²) in [6, 6.07) is 20.6. The number of hydrogen-bond acceptors (Lipinski definition) is 4. The van der Waals surface area contributed by atoms with Gasteiger partial charge in [0.05, 0.1) is 19.2 Å². The minimum absolute atomic E-state index is 0.0872. The van der Waals surface area contributed by atoms with Crippen molar-refractivity contribution in [3.8, 4) is 0 Å². The van der Waals surface area contributed by atoms with E-state index in [1.165, 1.54) is 13.2 Å². The number of allylic oxidation sites excluding steroid dienone is 2. The van der Waals surface area contributed by atoms with Crippen LogP contribution in [0.2, 0.25) is 0 Å². The largest absolute Gasteiger partial charge is 0.466 e. The van der Waals surface area contributed by atoms with E-state index in [9.17, 15) is 9.59 Å². The summed E-state index contributed by atoms with van der Waals surface area (Å²) >= 11 is 1.86. The molecule has 0 aromatic heterocycles. The van der Waals surface area contributed by atoms with E-state index < -0.39 is 0 Å². The van der Waals surface area contributed by atoms with Crippen LogP contribution in [0.5, 0.6) is 0 Å². The fourth-order valence-electron chi connectivity index (χ4n) is 4.18. The number of hydrogen-bond donors (Lipinski definition) is 0. The SMILES string of the molecule is COC(=O)/C=C/C=C/[C@H]1SC[C@H]2[C@@H]1N(Cc1ccccc1)C(=O)N2Cc1ccccc1. The maximum Gasteiger partial charge on any atom is 0.330 e. The van der Waals surface area contributed by atoms with Gasteiger partial charge >= 0.3 is 12.0 Å². The van der Waals surface area contributed by atoms with Crippen molar-refractivity contribution in [3.63, 3.8) is 0 Å². The number of urea groups is 1. The molecule has 0 bridgehead atoms. The smallest absolute Gasteiger partial charge is 0.330 e. The van der Waals surface area contributed by atoms with E-state index in [1.54, 1.807) is 6.08 Å². The third kappa shape index (κ3) is 4.85. The van der Waals surface area contributed by atoms with Gasteiger partial charge in [0.2, 0.25) is 0 Å². The summed E-state index contributed by atoms with van der Waals surface area (Å²) < 4.78 is 4.64. The molecular weight excluding hydrogens is 408 g/mol. The van der Waals surface area contributed by atoms with Gasteiger partial charge in [-0.05, 0) is 11.1 Å². The second-order valence-corrected chi connectivity index (χ2v) is 8.84. The van der Waals surface area contributed by atoms with E-state index in [2.05, 4.69) is 35.1 Å². The van der Waals surface area contributed by atoms with Gasteiger partial charge in [-0.3, -0.25) is 0 Å². The number of carbonyl (C=O) groups is 2. The Kier molecular flexibility index (Phi) is 6.77. The Morgan fingerprint density at radius 2 is 1.61 bits per heavy atom. The molecule has 31 heavy (non-hydrogen) atoms. The maximum absolute atomic E-state index is 13.5. The zero-order valence-corrected chi connectivity index (χ0v) is 18.3. The molecule has 2 aliphatic rings. The van der Waals surface area contributed by atoms with E-state index in [4.69, 9.17) is 0 Å². The van der Waals surface area contributed by atoms with E-state index >= 15 is 0 Å². The second-order valence-electron chi connectivity index (χ2n) is 7.63. The molecule has 4 rings (SSSR count). The molecular formula is C25H26N2O3S. The highest BCUT2D eigenvalue weighted by Gasteiger charge is 2.52. The molecule has 2 amide bonds. The number of carbonyl (C=O) groups excluding carboxylic acids is 2. The number of esters is 1. The van der Waals surface area contributed by atoms with Gasteiger partial charge in [0.1, 0.15) is 0 Å². The highest BCUT2D eigenvalue weighted by atomic mass is 32.2. The van der Waals surface area contributed by atoms with Gasteiger partial charge in [-0.2, -0.15) is 0 Å². The first-order valence-corrected chi connectivity index (χ1v) is 11.4. The number of benzene rings is 2. The minimum Gasteiger partial charge on any atom is -0.466 e. The Hall–Kier alpha value is -2.99. The topological polar surface area (TPSA) is 49.9 Å². The molecule has 0 spiro atoms. The minimum atomic E-state index is -0.377. The Balaban J connectivity index is 1.57. The first-order valence-electron chi connectivity index (χ1n) is 10.4. The number of amides is 2. The van der Waals surface area contributed by atoms with Gasteiger partial charge < -0.3 is 14.5 Å². The maximum atomic E-state index is 13.5. The quantitative estimate of drug-likeness (QED) is 0.283. The monoisotopic (exact) mass is 434 g/mol. The van der Waals surface area contributed by atoms with Crippen LogP contribution in [0.15, 0.2) is 85.0 Å². The van der Waals surface area contributed by atoms with Crippen LogP contribution in [0.4, 0.5) is 4.79 Å². The molecule has 0 saturated carbocycles. The lowest BCUT2D eigenvalue weighted by Crippen LogP contribution is -2.39. The Bertz CT molecular complexity index is 961. The lowest BCUT2D eigenvalue weighted by molar-refractivity contribution is -0.134. The standard InChI is InChI=1S/C25H26N2O3S/c1-30-23(28)15-9-8-14-22-24-21(18-31-22)26(16-19-10-4-2-5-11-19)25(29)27(24)17-20-12-6-3-7-13-20/h2-15,21-22,24H,16-18H2,1H3/b14-8+,15-9+/t21-,22+,24-/m0/s1. The van der Waals surface area contributed by atoms with Crippen LogP contribution in [0.25, 0.3) is 0 Å². The van der Waals surface area contributed by atoms with Crippen LogP contribution in [0.1, 0.15) is 11.1 Å². The molecule has 3 atom stereocenters. The fraction of sp³-hybridized carbons (Fsp3) is 0.280. The normalized spacial score (nSPS) is 23.1. The zero-order chi connectivity index (χ0) is 21.6.